The van der Waals surface area contributed by atoms with Crippen LogP contribution in [0.5, 0.6) is 0 Å². The van der Waals surface area contributed by atoms with Gasteiger partial charge in [0.2, 0.25) is 17.7 Å². The monoisotopic (exact) mass is 593 g/mol. The Bertz CT molecular complexity index is 1410. The van der Waals surface area contributed by atoms with Crippen LogP contribution in [0.1, 0.15) is 54.8 Å². The van der Waals surface area contributed by atoms with Crippen LogP contribution in [0, 0.1) is 11.8 Å². The topological polar surface area (TPSA) is 117 Å². The second kappa shape index (κ2) is 12.9. The van der Waals surface area contributed by atoms with E-state index in [0.717, 1.165) is 36.0 Å². The number of nitrogens with two attached hydrogens (primary N) is 1. The molecule has 6 unspecified atom stereocenters. The molecule has 8 heteroatoms. The maximum atomic E-state index is 14.6. The number of hydrogen-bond donors (Lipinski definition) is 4. The van der Waals surface area contributed by atoms with Gasteiger partial charge < -0.3 is 26.6 Å². The van der Waals surface area contributed by atoms with Crippen molar-refractivity contribution < 1.29 is 14.4 Å². The number of rotatable bonds is 11. The van der Waals surface area contributed by atoms with Crippen molar-refractivity contribution in [3.8, 4) is 0 Å². The summed E-state index contributed by atoms with van der Waals surface area (Å²) in [5.74, 6) is -0.287. The van der Waals surface area contributed by atoms with Gasteiger partial charge in [-0.15, -0.1) is 0 Å². The molecule has 6 rings (SSSR count). The zero-order chi connectivity index (χ0) is 30.7. The van der Waals surface area contributed by atoms with E-state index < -0.39 is 18.1 Å². The Morgan fingerprint density at radius 1 is 0.955 bits per heavy atom. The van der Waals surface area contributed by atoms with Crippen molar-refractivity contribution in [2.24, 2.45) is 17.6 Å². The van der Waals surface area contributed by atoms with Gasteiger partial charge in [0.1, 0.15) is 12.1 Å². The smallest absolute Gasteiger partial charge is 0.246 e. The second-order valence-electron chi connectivity index (χ2n) is 12.6. The predicted molar refractivity (Wildman–Crippen MR) is 170 cm³/mol. The molecule has 1 saturated carbocycles. The molecule has 1 aliphatic carbocycles. The standard InChI is InChI=1S/C36H43N5O3/c1-38-29(21-24-11-5-2-6-12-24)33(42)40-32-27(18-20-37)22-28-23-36(28)19-17-30(41(36)35(32)44)34(43)39-31(25-13-7-3-8-14-25)26-15-9-4-10-16-26/h2-16,27-32,38H,17-23,37H2,1H3,(H,39,43)(H,40,42). The number of benzene rings is 3. The molecule has 3 amide bonds. The minimum atomic E-state index is -0.727. The Kier molecular flexibility index (Phi) is 8.82. The minimum Gasteiger partial charge on any atom is -0.343 e. The molecule has 5 N–H and O–H groups in total. The molecule has 0 bridgehead atoms. The lowest BCUT2D eigenvalue weighted by atomic mass is 9.89. The average Bonchev–Trinajstić information content (AvgIpc) is 3.62. The lowest BCUT2D eigenvalue weighted by molar-refractivity contribution is -0.145. The minimum absolute atomic E-state index is 0.0780. The summed E-state index contributed by atoms with van der Waals surface area (Å²) in [4.78, 5) is 44.2. The third-order valence-corrected chi connectivity index (χ3v) is 10.0. The molecule has 2 saturated heterocycles. The van der Waals surface area contributed by atoms with E-state index >= 15 is 0 Å². The molecule has 0 aromatic heterocycles. The highest BCUT2D eigenvalue weighted by Crippen LogP contribution is 2.61. The van der Waals surface area contributed by atoms with Crippen LogP contribution in [-0.4, -0.2) is 59.9 Å². The zero-order valence-electron chi connectivity index (χ0n) is 25.3. The molecule has 8 nitrogen and oxygen atoms in total. The van der Waals surface area contributed by atoms with Gasteiger partial charge in [-0.3, -0.25) is 14.4 Å². The summed E-state index contributed by atoms with van der Waals surface area (Å²) in [5.41, 5.74) is 8.73. The highest BCUT2D eigenvalue weighted by Gasteiger charge is 2.68. The van der Waals surface area contributed by atoms with Crippen LogP contribution in [0.4, 0.5) is 0 Å². The first kappa shape index (κ1) is 30.0. The summed E-state index contributed by atoms with van der Waals surface area (Å²) >= 11 is 0. The van der Waals surface area contributed by atoms with Crippen molar-refractivity contribution in [3.05, 3.63) is 108 Å². The Morgan fingerprint density at radius 3 is 2.16 bits per heavy atom. The van der Waals surface area contributed by atoms with Crippen LogP contribution < -0.4 is 21.7 Å². The first-order valence-electron chi connectivity index (χ1n) is 15.9. The molecule has 230 valence electrons. The molecule has 6 atom stereocenters. The van der Waals surface area contributed by atoms with Crippen LogP contribution in [0.25, 0.3) is 0 Å². The van der Waals surface area contributed by atoms with Gasteiger partial charge >= 0.3 is 0 Å². The molecule has 2 aliphatic heterocycles. The SMILES string of the molecule is CNC(Cc1ccccc1)C(=O)NC1C(=O)N2C(C(=O)NC(c3ccccc3)c3ccccc3)CCC23CC3CC1CCN. The van der Waals surface area contributed by atoms with Crippen molar-refractivity contribution in [3.63, 3.8) is 0 Å². The maximum absolute atomic E-state index is 14.6. The molecule has 0 radical (unpaired) electrons. The van der Waals surface area contributed by atoms with Gasteiger partial charge in [0.25, 0.3) is 0 Å². The fourth-order valence-corrected chi connectivity index (χ4v) is 7.69. The molecule has 44 heavy (non-hydrogen) atoms. The van der Waals surface area contributed by atoms with Crippen molar-refractivity contribution in [1.82, 2.24) is 20.9 Å². The highest BCUT2D eigenvalue weighted by molar-refractivity contribution is 5.95. The third kappa shape index (κ3) is 5.88. The molecular weight excluding hydrogens is 550 g/mol. The van der Waals surface area contributed by atoms with E-state index in [2.05, 4.69) is 16.0 Å². The summed E-state index contributed by atoms with van der Waals surface area (Å²) < 4.78 is 0. The molecule has 3 aliphatic rings. The Morgan fingerprint density at radius 2 is 1.57 bits per heavy atom. The van der Waals surface area contributed by atoms with E-state index in [0.29, 0.717) is 31.7 Å². The first-order valence-corrected chi connectivity index (χ1v) is 15.9. The summed E-state index contributed by atoms with van der Waals surface area (Å²) in [7, 11) is 1.76. The summed E-state index contributed by atoms with van der Waals surface area (Å²) in [6.07, 6.45) is 4.27. The van der Waals surface area contributed by atoms with Gasteiger partial charge in [0, 0.05) is 5.54 Å². The lowest BCUT2D eigenvalue weighted by Gasteiger charge is -2.35. The van der Waals surface area contributed by atoms with Crippen molar-refractivity contribution in [2.45, 2.75) is 68.2 Å². The van der Waals surface area contributed by atoms with Gasteiger partial charge in [-0.05, 0) is 80.6 Å². The first-order chi connectivity index (χ1) is 21.4. The van der Waals surface area contributed by atoms with Gasteiger partial charge in [0.05, 0.1) is 12.1 Å². The Hall–Kier alpha value is -4.01. The van der Waals surface area contributed by atoms with E-state index in [9.17, 15) is 14.4 Å². The Balaban J connectivity index is 1.25. The quantitative estimate of drug-likeness (QED) is 0.272. The number of nitrogens with one attached hydrogen (secondary N) is 3. The number of carbonyl (C=O) groups excluding carboxylic acids is 3. The summed E-state index contributed by atoms with van der Waals surface area (Å²) in [5, 5.41) is 9.57. The van der Waals surface area contributed by atoms with Gasteiger partial charge in [-0.25, -0.2) is 0 Å². The van der Waals surface area contributed by atoms with E-state index in [1.807, 2.05) is 95.9 Å². The fraction of sp³-hybridized carbons (Fsp3) is 0.417. The lowest BCUT2D eigenvalue weighted by Crippen LogP contribution is -2.59. The number of likely N-dealkylation sites (N-methyl/N-ethyl adjacent to an activating group) is 1. The maximum Gasteiger partial charge on any atom is 0.246 e. The summed E-state index contributed by atoms with van der Waals surface area (Å²) in [6.45, 7) is 0.434. The zero-order valence-corrected chi connectivity index (χ0v) is 25.3. The molecule has 1 spiro atoms. The number of amides is 3. The van der Waals surface area contributed by atoms with Crippen LogP contribution in [0.3, 0.4) is 0 Å². The number of nitrogens with zero attached hydrogens (tertiary/aromatic N) is 1. The number of hydrogen-bond acceptors (Lipinski definition) is 5. The molecule has 3 fully saturated rings. The van der Waals surface area contributed by atoms with Gasteiger partial charge in [-0.2, -0.15) is 0 Å². The van der Waals surface area contributed by atoms with Gasteiger partial charge in [-0.1, -0.05) is 91.0 Å². The van der Waals surface area contributed by atoms with Gasteiger partial charge in [0.15, 0.2) is 0 Å². The number of carbonyl (C=O) groups is 3. The predicted octanol–water partition coefficient (Wildman–Crippen LogP) is 3.33. The average molecular weight is 594 g/mol. The van der Waals surface area contributed by atoms with E-state index in [4.69, 9.17) is 5.73 Å². The fourth-order valence-electron chi connectivity index (χ4n) is 7.69. The summed E-state index contributed by atoms with van der Waals surface area (Å²) in [6, 6.07) is 27.5. The Labute approximate surface area is 259 Å². The molecule has 3 aromatic carbocycles. The van der Waals surface area contributed by atoms with E-state index in [1.165, 1.54) is 0 Å². The largest absolute Gasteiger partial charge is 0.343 e. The second-order valence-corrected chi connectivity index (χ2v) is 12.6. The van der Waals surface area contributed by atoms with Crippen LogP contribution in [0.2, 0.25) is 0 Å². The third-order valence-electron chi connectivity index (χ3n) is 10.0. The van der Waals surface area contributed by atoms with Crippen molar-refractivity contribution in [2.75, 3.05) is 13.6 Å². The highest BCUT2D eigenvalue weighted by atomic mass is 16.2. The van der Waals surface area contributed by atoms with E-state index in [-0.39, 0.29) is 35.2 Å². The molecule has 2 heterocycles. The van der Waals surface area contributed by atoms with Crippen LogP contribution >= 0.6 is 0 Å². The van der Waals surface area contributed by atoms with Crippen molar-refractivity contribution >= 4 is 17.7 Å². The van der Waals surface area contributed by atoms with Crippen LogP contribution in [0.15, 0.2) is 91.0 Å². The molecule has 3 aromatic rings. The van der Waals surface area contributed by atoms with Crippen molar-refractivity contribution in [1.29, 1.82) is 0 Å². The normalized spacial score (nSPS) is 26.3. The van der Waals surface area contributed by atoms with E-state index in [1.54, 1.807) is 7.05 Å². The molecular formula is C36H43N5O3. The van der Waals surface area contributed by atoms with Crippen LogP contribution in [-0.2, 0) is 20.8 Å².